The van der Waals surface area contributed by atoms with Gasteiger partial charge in [-0.25, -0.2) is 4.99 Å². The van der Waals surface area contributed by atoms with E-state index in [1.54, 1.807) is 0 Å². The maximum atomic E-state index is 5.08. The largest absolute Gasteiger partial charge is 1.00 e. The number of rotatable bonds is 6. The number of amidine groups is 1. The van der Waals surface area contributed by atoms with Crippen LogP contribution in [0, 0.1) is 6.92 Å². The molecule has 0 unspecified atom stereocenters. The Labute approximate surface area is 174 Å². The second kappa shape index (κ2) is 9.41. The fourth-order valence-corrected chi connectivity index (χ4v) is 3.64. The second-order valence-electron chi connectivity index (χ2n) is 8.78. The Morgan fingerprint density at radius 3 is 1.64 bits per heavy atom. The summed E-state index contributed by atoms with van der Waals surface area (Å²) in [7, 11) is 0. The summed E-state index contributed by atoms with van der Waals surface area (Å²) in [6.45, 7) is 21.9. The van der Waals surface area contributed by atoms with E-state index in [1.165, 1.54) is 22.3 Å². The average molecular weight is 379 g/mol. The fourth-order valence-electron chi connectivity index (χ4n) is 3.64. The third-order valence-electron chi connectivity index (χ3n) is 5.21. The quantitative estimate of drug-likeness (QED) is 0.305. The SMILES string of the molecule is [CH2-][C@H](C)c1cccc(C(C)C)c1NC(C)=Nc1c(C(C)C)cccc1C(C)C.[H+]. The molecule has 152 valence electrons. The van der Waals surface area contributed by atoms with Crippen LogP contribution in [0.3, 0.4) is 0 Å². The molecule has 0 saturated heterocycles. The van der Waals surface area contributed by atoms with Crippen LogP contribution in [0.4, 0.5) is 11.4 Å². The lowest BCUT2D eigenvalue weighted by molar-refractivity contribution is 0.834. The first kappa shape index (κ1) is 22.2. The third-order valence-corrected chi connectivity index (χ3v) is 5.21. The molecule has 28 heavy (non-hydrogen) atoms. The number of benzene rings is 2. The minimum absolute atomic E-state index is 0. The lowest BCUT2D eigenvalue weighted by atomic mass is 9.92. The van der Waals surface area contributed by atoms with E-state index in [0.29, 0.717) is 17.8 Å². The van der Waals surface area contributed by atoms with Crippen molar-refractivity contribution >= 4 is 17.2 Å². The summed E-state index contributed by atoms with van der Waals surface area (Å²) >= 11 is 0. The van der Waals surface area contributed by atoms with Crippen LogP contribution in [0.5, 0.6) is 0 Å². The van der Waals surface area contributed by atoms with Gasteiger partial charge in [-0.2, -0.15) is 0 Å². The molecule has 2 rings (SSSR count). The van der Waals surface area contributed by atoms with Gasteiger partial charge in [0.15, 0.2) is 0 Å². The summed E-state index contributed by atoms with van der Waals surface area (Å²) in [5.74, 6) is 2.43. The number of aliphatic imine (C=N–C) groups is 1. The summed E-state index contributed by atoms with van der Waals surface area (Å²) in [4.78, 5) is 5.08. The topological polar surface area (TPSA) is 24.4 Å². The molecule has 0 amide bonds. The minimum atomic E-state index is 0. The van der Waals surface area contributed by atoms with Gasteiger partial charge in [0.05, 0.1) is 5.69 Å². The molecule has 2 aromatic rings. The van der Waals surface area contributed by atoms with E-state index in [2.05, 4.69) is 104 Å². The molecule has 0 aliphatic heterocycles. The van der Waals surface area contributed by atoms with E-state index in [0.717, 1.165) is 17.2 Å². The van der Waals surface area contributed by atoms with Gasteiger partial charge >= 0.3 is 1.43 Å². The molecule has 2 heteroatoms. The third kappa shape index (κ3) is 5.04. The van der Waals surface area contributed by atoms with Crippen molar-refractivity contribution in [2.75, 3.05) is 5.32 Å². The molecule has 1 atom stereocenters. The van der Waals surface area contributed by atoms with E-state index >= 15 is 0 Å². The summed E-state index contributed by atoms with van der Waals surface area (Å²) in [6.07, 6.45) is 0. The Morgan fingerprint density at radius 2 is 1.21 bits per heavy atom. The van der Waals surface area contributed by atoms with Gasteiger partial charge in [0.2, 0.25) is 0 Å². The zero-order valence-electron chi connectivity index (χ0n) is 19.9. The first-order valence-corrected chi connectivity index (χ1v) is 10.5. The Morgan fingerprint density at radius 1 is 0.786 bits per heavy atom. The van der Waals surface area contributed by atoms with Crippen molar-refractivity contribution in [2.24, 2.45) is 4.99 Å². The predicted octanol–water partition coefficient (Wildman–Crippen LogP) is 8.27. The molecular formula is C26H38N2. The molecule has 0 heterocycles. The standard InChI is InChI=1S/C26H37N2/c1-16(2)21-12-10-13-22(17(3)4)25(21)27-20(9)28-26-23(18(5)6)14-11-15-24(26)19(7)8/h10-19H,1H2,2-9H3,(H,27,28)/q-1/p+1/t16-/m1/s1. The first-order valence-electron chi connectivity index (χ1n) is 10.5. The first-order chi connectivity index (χ1) is 13.1. The maximum absolute atomic E-state index is 5.08. The molecule has 0 saturated carbocycles. The van der Waals surface area contributed by atoms with E-state index < -0.39 is 0 Å². The van der Waals surface area contributed by atoms with E-state index in [-0.39, 0.29) is 7.34 Å². The van der Waals surface area contributed by atoms with E-state index in [4.69, 9.17) is 4.99 Å². The number of anilines is 1. The highest BCUT2D eigenvalue weighted by molar-refractivity contribution is 5.97. The highest BCUT2D eigenvalue weighted by atomic mass is 15.0. The van der Waals surface area contributed by atoms with E-state index in [9.17, 15) is 0 Å². The van der Waals surface area contributed by atoms with Crippen LogP contribution in [-0.4, -0.2) is 5.84 Å². The Bertz CT molecular complexity index is 780. The molecule has 2 aromatic carbocycles. The van der Waals surface area contributed by atoms with Crippen LogP contribution in [0.2, 0.25) is 0 Å². The molecule has 2 nitrogen and oxygen atoms in total. The van der Waals surface area contributed by atoms with Crippen LogP contribution in [0.1, 0.15) is 103 Å². The van der Waals surface area contributed by atoms with Crippen LogP contribution in [-0.2, 0) is 0 Å². The van der Waals surface area contributed by atoms with Crippen LogP contribution >= 0.6 is 0 Å². The number of hydrogen-bond acceptors (Lipinski definition) is 1. The van der Waals surface area contributed by atoms with Crippen molar-refractivity contribution in [1.29, 1.82) is 0 Å². The molecule has 0 aliphatic rings. The maximum Gasteiger partial charge on any atom is 1.00 e. The summed E-state index contributed by atoms with van der Waals surface area (Å²) < 4.78 is 0. The lowest BCUT2D eigenvalue weighted by Gasteiger charge is -2.24. The molecule has 0 spiro atoms. The number of para-hydroxylation sites is 2. The molecule has 0 aromatic heterocycles. The molecule has 0 bridgehead atoms. The van der Waals surface area contributed by atoms with Crippen molar-refractivity contribution < 1.29 is 1.43 Å². The van der Waals surface area contributed by atoms with Gasteiger partial charge in [0.1, 0.15) is 5.84 Å². The normalized spacial score (nSPS) is 13.5. The second-order valence-corrected chi connectivity index (χ2v) is 8.78. The zero-order valence-corrected chi connectivity index (χ0v) is 18.9. The summed E-state index contributed by atoms with van der Waals surface area (Å²) in [5, 5.41) is 3.63. The molecule has 0 aliphatic carbocycles. The van der Waals surface area contributed by atoms with Crippen molar-refractivity contribution in [3.63, 3.8) is 0 Å². The van der Waals surface area contributed by atoms with Gasteiger partial charge in [0, 0.05) is 5.69 Å². The highest BCUT2D eigenvalue weighted by Crippen LogP contribution is 2.36. The van der Waals surface area contributed by atoms with E-state index in [1.807, 2.05) is 0 Å². The van der Waals surface area contributed by atoms with Crippen molar-refractivity contribution in [1.82, 2.24) is 0 Å². The Balaban J connectivity index is 0.00000420. The van der Waals surface area contributed by atoms with Gasteiger partial charge < -0.3 is 12.2 Å². The lowest BCUT2D eigenvalue weighted by Crippen LogP contribution is -2.13. The van der Waals surface area contributed by atoms with Crippen molar-refractivity contribution in [3.05, 3.63) is 65.6 Å². The van der Waals surface area contributed by atoms with Crippen LogP contribution in [0.25, 0.3) is 0 Å². The fraction of sp³-hybridized carbons (Fsp3) is 0.462. The van der Waals surface area contributed by atoms with Crippen molar-refractivity contribution in [2.45, 2.75) is 79.1 Å². The number of nitrogens with one attached hydrogen (secondary N) is 1. The Hall–Kier alpha value is -2.09. The average Bonchev–Trinajstić information content (AvgIpc) is 2.61. The van der Waals surface area contributed by atoms with Gasteiger partial charge in [-0.05, 0) is 41.4 Å². The smallest absolute Gasteiger partial charge is 0.344 e. The molecule has 0 radical (unpaired) electrons. The molecule has 1 N–H and O–H groups in total. The molecule has 0 fully saturated rings. The predicted molar refractivity (Wildman–Crippen MR) is 126 cm³/mol. The van der Waals surface area contributed by atoms with Crippen molar-refractivity contribution in [3.8, 4) is 0 Å². The zero-order chi connectivity index (χ0) is 21.0. The minimum Gasteiger partial charge on any atom is -0.344 e. The monoisotopic (exact) mass is 378 g/mol. The van der Waals surface area contributed by atoms with Gasteiger partial charge in [0.25, 0.3) is 0 Å². The number of nitrogens with zero attached hydrogens (tertiary/aromatic N) is 1. The molecular weight excluding hydrogens is 340 g/mol. The van der Waals surface area contributed by atoms with Crippen LogP contribution in [0.15, 0.2) is 41.4 Å². The Kier molecular flexibility index (Phi) is 7.46. The van der Waals surface area contributed by atoms with Gasteiger partial charge in [-0.1, -0.05) is 90.4 Å². The highest BCUT2D eigenvalue weighted by Gasteiger charge is 2.15. The van der Waals surface area contributed by atoms with Gasteiger partial charge in [-0.15, -0.1) is 5.92 Å². The number of hydrogen-bond donors (Lipinski definition) is 1. The summed E-state index contributed by atoms with van der Waals surface area (Å²) in [6, 6.07) is 13.1. The summed E-state index contributed by atoms with van der Waals surface area (Å²) in [5.41, 5.74) is 7.43. The van der Waals surface area contributed by atoms with Gasteiger partial charge in [-0.3, -0.25) is 0 Å². The van der Waals surface area contributed by atoms with Crippen LogP contribution < -0.4 is 5.32 Å².